The molecule has 124 valence electrons. The number of nitrogens with one attached hydrogen (secondary N) is 2. The van der Waals surface area contributed by atoms with E-state index in [0.29, 0.717) is 15.8 Å². The van der Waals surface area contributed by atoms with Gasteiger partial charge in [0, 0.05) is 10.2 Å². The molecule has 2 amide bonds. The Morgan fingerprint density at radius 1 is 1.00 bits per heavy atom. The van der Waals surface area contributed by atoms with Gasteiger partial charge < -0.3 is 15.4 Å². The molecular formula is C17H15BrN2O4. The first kappa shape index (κ1) is 17.7. The van der Waals surface area contributed by atoms with Crippen molar-refractivity contribution in [3.8, 4) is 0 Å². The molecule has 0 aliphatic rings. The molecule has 0 saturated carbocycles. The number of ether oxygens (including phenoxy) is 1. The zero-order valence-corrected chi connectivity index (χ0v) is 14.6. The third-order valence-electron chi connectivity index (χ3n) is 3.12. The van der Waals surface area contributed by atoms with Gasteiger partial charge in [-0.1, -0.05) is 12.1 Å². The molecule has 2 rings (SSSR count). The summed E-state index contributed by atoms with van der Waals surface area (Å²) in [6.07, 6.45) is 0. The first-order valence-electron chi connectivity index (χ1n) is 6.97. The maximum Gasteiger partial charge on any atom is 0.337 e. The highest BCUT2D eigenvalue weighted by Gasteiger charge is 2.16. The monoisotopic (exact) mass is 390 g/mol. The topological polar surface area (TPSA) is 84.5 Å². The summed E-state index contributed by atoms with van der Waals surface area (Å²) < 4.78 is 5.29. The fourth-order valence-corrected chi connectivity index (χ4v) is 2.52. The van der Waals surface area contributed by atoms with Gasteiger partial charge in [-0.3, -0.25) is 9.59 Å². The number of amides is 2. The lowest BCUT2D eigenvalue weighted by molar-refractivity contribution is -0.133. The zero-order chi connectivity index (χ0) is 17.7. The van der Waals surface area contributed by atoms with Gasteiger partial charge in [-0.15, -0.1) is 0 Å². The third-order valence-corrected chi connectivity index (χ3v) is 3.78. The first-order valence-corrected chi connectivity index (χ1v) is 7.77. The van der Waals surface area contributed by atoms with Crippen LogP contribution < -0.4 is 10.6 Å². The minimum atomic E-state index is -0.843. The van der Waals surface area contributed by atoms with Crippen molar-refractivity contribution in [2.24, 2.45) is 0 Å². The van der Waals surface area contributed by atoms with Crippen LogP contribution >= 0.6 is 15.9 Å². The van der Waals surface area contributed by atoms with Crippen molar-refractivity contribution in [3.63, 3.8) is 0 Å². The minimum Gasteiger partial charge on any atom is -0.465 e. The molecule has 24 heavy (non-hydrogen) atoms. The Hall–Kier alpha value is -2.67. The smallest absolute Gasteiger partial charge is 0.337 e. The molecule has 0 saturated heterocycles. The second-order valence-corrected chi connectivity index (χ2v) is 5.82. The van der Waals surface area contributed by atoms with Gasteiger partial charge in [0.05, 0.1) is 18.4 Å². The number of hydrogen-bond donors (Lipinski definition) is 2. The van der Waals surface area contributed by atoms with E-state index in [1.54, 1.807) is 24.3 Å². The summed E-state index contributed by atoms with van der Waals surface area (Å²) in [6, 6.07) is 11.5. The quantitative estimate of drug-likeness (QED) is 0.622. The van der Waals surface area contributed by atoms with E-state index in [9.17, 15) is 14.4 Å². The van der Waals surface area contributed by atoms with Crippen LogP contribution in [0.5, 0.6) is 0 Å². The maximum atomic E-state index is 12.0. The Kier molecular flexibility index (Phi) is 5.70. The number of halogens is 1. The highest BCUT2D eigenvalue weighted by Crippen LogP contribution is 2.23. The molecule has 0 unspecified atom stereocenters. The van der Waals surface area contributed by atoms with Gasteiger partial charge in [-0.2, -0.15) is 0 Å². The van der Waals surface area contributed by atoms with E-state index in [-0.39, 0.29) is 5.56 Å². The molecule has 2 N–H and O–H groups in total. The lowest BCUT2D eigenvalue weighted by atomic mass is 10.2. The zero-order valence-electron chi connectivity index (χ0n) is 13.1. The number of anilines is 2. The summed E-state index contributed by atoms with van der Waals surface area (Å²) in [6.45, 7) is 1.91. The fraction of sp³-hybridized carbons (Fsp3) is 0.118. The molecule has 0 aromatic heterocycles. The van der Waals surface area contributed by atoms with Crippen LogP contribution in [-0.4, -0.2) is 24.9 Å². The van der Waals surface area contributed by atoms with E-state index < -0.39 is 17.8 Å². The molecule has 7 heteroatoms. The molecule has 2 aromatic carbocycles. The van der Waals surface area contributed by atoms with Crippen LogP contribution in [0.15, 0.2) is 46.9 Å². The fourth-order valence-electron chi connectivity index (χ4n) is 1.93. The number of rotatable bonds is 3. The Balaban J connectivity index is 2.06. The summed E-state index contributed by atoms with van der Waals surface area (Å²) in [4.78, 5) is 35.5. The van der Waals surface area contributed by atoms with E-state index in [1.165, 1.54) is 13.2 Å². The van der Waals surface area contributed by atoms with Crippen LogP contribution in [0, 0.1) is 6.92 Å². The number of esters is 1. The Labute approximate surface area is 147 Å². The number of carbonyl (C=O) groups is 3. The second-order valence-electron chi connectivity index (χ2n) is 4.96. The standard InChI is InChI=1S/C17H15BrN2O4/c1-10-6-7-14(13(18)8-10)20-16(22)15(21)19-12-5-3-4-11(9-12)17(23)24-2/h3-9H,1-2H3,(H,19,21)(H,20,22). The van der Waals surface area contributed by atoms with Crippen LogP contribution in [0.25, 0.3) is 0 Å². The molecule has 0 fully saturated rings. The summed E-state index contributed by atoms with van der Waals surface area (Å²) in [5.41, 5.74) is 2.10. The Bertz CT molecular complexity index is 805. The molecule has 2 aromatic rings. The van der Waals surface area contributed by atoms with Gasteiger partial charge in [0.1, 0.15) is 0 Å². The molecule has 0 radical (unpaired) electrons. The van der Waals surface area contributed by atoms with E-state index in [1.807, 2.05) is 19.1 Å². The van der Waals surface area contributed by atoms with E-state index in [4.69, 9.17) is 0 Å². The number of aryl methyl sites for hydroxylation is 1. The Morgan fingerprint density at radius 2 is 1.71 bits per heavy atom. The molecule has 0 bridgehead atoms. The average Bonchev–Trinajstić information content (AvgIpc) is 2.56. The van der Waals surface area contributed by atoms with E-state index in [2.05, 4.69) is 31.3 Å². The number of hydrogen-bond acceptors (Lipinski definition) is 4. The van der Waals surface area contributed by atoms with Crippen LogP contribution in [-0.2, 0) is 14.3 Å². The largest absolute Gasteiger partial charge is 0.465 e. The van der Waals surface area contributed by atoms with Crippen molar-refractivity contribution in [1.29, 1.82) is 0 Å². The number of methoxy groups -OCH3 is 1. The molecule has 0 aliphatic carbocycles. The SMILES string of the molecule is COC(=O)c1cccc(NC(=O)C(=O)Nc2ccc(C)cc2Br)c1. The normalized spacial score (nSPS) is 9.96. The van der Waals surface area contributed by atoms with Crippen molar-refractivity contribution in [2.45, 2.75) is 6.92 Å². The van der Waals surface area contributed by atoms with Crippen LogP contribution in [0.4, 0.5) is 11.4 Å². The molecular weight excluding hydrogens is 376 g/mol. The first-order chi connectivity index (χ1) is 11.4. The lowest BCUT2D eigenvalue weighted by Gasteiger charge is -2.09. The number of benzene rings is 2. The van der Waals surface area contributed by atoms with Crippen molar-refractivity contribution in [1.82, 2.24) is 0 Å². The van der Waals surface area contributed by atoms with E-state index in [0.717, 1.165) is 5.56 Å². The van der Waals surface area contributed by atoms with E-state index >= 15 is 0 Å². The maximum absolute atomic E-state index is 12.0. The van der Waals surface area contributed by atoms with Gasteiger partial charge in [-0.25, -0.2) is 4.79 Å². The average molecular weight is 391 g/mol. The van der Waals surface area contributed by atoms with Crippen molar-refractivity contribution < 1.29 is 19.1 Å². The van der Waals surface area contributed by atoms with Crippen LogP contribution in [0.3, 0.4) is 0 Å². The number of carbonyl (C=O) groups excluding carboxylic acids is 3. The van der Waals surface area contributed by atoms with Gasteiger partial charge in [-0.05, 0) is 58.7 Å². The lowest BCUT2D eigenvalue weighted by Crippen LogP contribution is -2.29. The van der Waals surface area contributed by atoms with Crippen LogP contribution in [0.2, 0.25) is 0 Å². The van der Waals surface area contributed by atoms with Crippen molar-refractivity contribution in [2.75, 3.05) is 17.7 Å². The van der Waals surface area contributed by atoms with Gasteiger partial charge >= 0.3 is 17.8 Å². The summed E-state index contributed by atoms with van der Waals surface area (Å²) in [5, 5.41) is 4.95. The highest BCUT2D eigenvalue weighted by atomic mass is 79.9. The molecule has 6 nitrogen and oxygen atoms in total. The summed E-state index contributed by atoms with van der Waals surface area (Å²) in [5.74, 6) is -2.19. The molecule has 0 aliphatic heterocycles. The minimum absolute atomic E-state index is 0.275. The highest BCUT2D eigenvalue weighted by molar-refractivity contribution is 9.10. The molecule has 0 heterocycles. The van der Waals surface area contributed by atoms with Gasteiger partial charge in [0.25, 0.3) is 0 Å². The second kappa shape index (κ2) is 7.74. The summed E-state index contributed by atoms with van der Waals surface area (Å²) in [7, 11) is 1.26. The van der Waals surface area contributed by atoms with Crippen molar-refractivity contribution in [3.05, 3.63) is 58.1 Å². The Morgan fingerprint density at radius 3 is 2.38 bits per heavy atom. The van der Waals surface area contributed by atoms with Crippen molar-refractivity contribution >= 4 is 45.1 Å². The van der Waals surface area contributed by atoms with Gasteiger partial charge in [0.15, 0.2) is 0 Å². The third kappa shape index (κ3) is 4.42. The summed E-state index contributed by atoms with van der Waals surface area (Å²) >= 11 is 3.33. The van der Waals surface area contributed by atoms with Crippen LogP contribution in [0.1, 0.15) is 15.9 Å². The van der Waals surface area contributed by atoms with Gasteiger partial charge in [0.2, 0.25) is 0 Å². The molecule has 0 spiro atoms. The predicted octanol–water partition coefficient (Wildman–Crippen LogP) is 3.12. The molecule has 0 atom stereocenters. The predicted molar refractivity (Wildman–Crippen MR) is 93.9 cm³/mol.